The lowest BCUT2D eigenvalue weighted by molar-refractivity contribution is 0.0728. The Bertz CT molecular complexity index is 1180. The highest BCUT2D eigenvalue weighted by Crippen LogP contribution is 2.26. The van der Waals surface area contributed by atoms with Crippen LogP contribution in [-0.2, 0) is 6.54 Å². The van der Waals surface area contributed by atoms with Crippen LogP contribution in [0, 0.1) is 0 Å². The summed E-state index contributed by atoms with van der Waals surface area (Å²) < 4.78 is 11.5. The maximum absolute atomic E-state index is 13.1. The summed E-state index contributed by atoms with van der Waals surface area (Å²) in [5.74, 6) is 1.56. The average molecular weight is 449 g/mol. The Labute approximate surface area is 190 Å². The molecule has 7 nitrogen and oxygen atoms in total. The first-order chi connectivity index (χ1) is 15.6. The van der Waals surface area contributed by atoms with E-state index >= 15 is 0 Å². The molecule has 0 unspecified atom stereocenters. The molecule has 2 heterocycles. The van der Waals surface area contributed by atoms with Crippen molar-refractivity contribution in [3.8, 4) is 23.1 Å². The maximum atomic E-state index is 13.1. The SMILES string of the molecule is CCCN(Cc1nnc(-c2ccccc2Cl)o1)C(=O)c1ccc(Oc2ccccc2)nc1. The normalized spacial score (nSPS) is 10.7. The van der Waals surface area contributed by atoms with Gasteiger partial charge in [-0.25, -0.2) is 4.98 Å². The van der Waals surface area contributed by atoms with Crippen LogP contribution in [0.4, 0.5) is 0 Å². The van der Waals surface area contributed by atoms with Crippen molar-refractivity contribution in [1.29, 1.82) is 0 Å². The molecule has 0 spiro atoms. The number of amides is 1. The molecule has 1 amide bonds. The fraction of sp³-hybridized carbons (Fsp3) is 0.167. The van der Waals surface area contributed by atoms with Crippen molar-refractivity contribution in [2.24, 2.45) is 0 Å². The summed E-state index contributed by atoms with van der Waals surface area (Å²) in [6.45, 7) is 2.72. The summed E-state index contributed by atoms with van der Waals surface area (Å²) in [5.41, 5.74) is 1.10. The smallest absolute Gasteiger partial charge is 0.255 e. The van der Waals surface area contributed by atoms with Gasteiger partial charge in [0.05, 0.1) is 22.7 Å². The van der Waals surface area contributed by atoms with Crippen molar-refractivity contribution in [1.82, 2.24) is 20.1 Å². The number of rotatable bonds is 8. The van der Waals surface area contributed by atoms with Crippen molar-refractivity contribution in [3.63, 3.8) is 0 Å². The molecule has 0 bridgehead atoms. The molecule has 0 radical (unpaired) electrons. The van der Waals surface area contributed by atoms with Gasteiger partial charge < -0.3 is 14.1 Å². The molecule has 0 aliphatic carbocycles. The molecule has 0 fully saturated rings. The average Bonchev–Trinajstić information content (AvgIpc) is 3.28. The third kappa shape index (κ3) is 5.12. The first kappa shape index (κ1) is 21.5. The van der Waals surface area contributed by atoms with Gasteiger partial charge in [-0.05, 0) is 36.8 Å². The molecule has 2 aromatic heterocycles. The second kappa shape index (κ2) is 10.1. The van der Waals surface area contributed by atoms with Crippen LogP contribution in [0.15, 0.2) is 77.3 Å². The summed E-state index contributed by atoms with van der Waals surface area (Å²) in [4.78, 5) is 19.0. The molecule has 162 valence electrons. The standard InChI is InChI=1S/C24H21ClN4O3/c1-2-14-29(16-22-27-28-23(32-22)19-10-6-7-11-20(19)25)24(30)17-12-13-21(26-15-17)31-18-8-4-3-5-9-18/h3-13,15H,2,14,16H2,1H3. The van der Waals surface area contributed by atoms with Crippen LogP contribution in [0.3, 0.4) is 0 Å². The number of aromatic nitrogens is 3. The molecule has 4 aromatic rings. The highest BCUT2D eigenvalue weighted by Gasteiger charge is 2.20. The number of benzene rings is 2. The van der Waals surface area contributed by atoms with Gasteiger partial charge in [0.1, 0.15) is 5.75 Å². The molecule has 0 atom stereocenters. The van der Waals surface area contributed by atoms with Crippen molar-refractivity contribution in [2.45, 2.75) is 19.9 Å². The summed E-state index contributed by atoms with van der Waals surface area (Å²) >= 11 is 6.21. The van der Waals surface area contributed by atoms with Crippen LogP contribution < -0.4 is 4.74 Å². The van der Waals surface area contributed by atoms with E-state index in [1.165, 1.54) is 6.20 Å². The van der Waals surface area contributed by atoms with Crippen LogP contribution in [0.1, 0.15) is 29.6 Å². The van der Waals surface area contributed by atoms with Gasteiger partial charge in [-0.15, -0.1) is 10.2 Å². The second-order valence-corrected chi connectivity index (χ2v) is 7.41. The van der Waals surface area contributed by atoms with Gasteiger partial charge in [0.25, 0.3) is 5.91 Å². The van der Waals surface area contributed by atoms with E-state index in [2.05, 4.69) is 15.2 Å². The van der Waals surface area contributed by atoms with Gasteiger partial charge >= 0.3 is 0 Å². The van der Waals surface area contributed by atoms with Gasteiger partial charge in [-0.2, -0.15) is 0 Å². The van der Waals surface area contributed by atoms with Gasteiger partial charge in [0.15, 0.2) is 0 Å². The molecule has 32 heavy (non-hydrogen) atoms. The molecule has 0 N–H and O–H groups in total. The fourth-order valence-corrected chi connectivity index (χ4v) is 3.32. The number of para-hydroxylation sites is 1. The van der Waals surface area contributed by atoms with Crippen molar-refractivity contribution >= 4 is 17.5 Å². The minimum atomic E-state index is -0.178. The Morgan fingerprint density at radius 1 is 1.03 bits per heavy atom. The number of carbonyl (C=O) groups excluding carboxylic acids is 1. The Morgan fingerprint density at radius 3 is 2.53 bits per heavy atom. The number of halogens is 1. The maximum Gasteiger partial charge on any atom is 0.255 e. The lowest BCUT2D eigenvalue weighted by Gasteiger charge is -2.20. The quantitative estimate of drug-likeness (QED) is 0.347. The van der Waals surface area contributed by atoms with Crippen LogP contribution in [-0.4, -0.2) is 32.5 Å². The molecule has 2 aromatic carbocycles. The first-order valence-corrected chi connectivity index (χ1v) is 10.6. The third-order valence-electron chi connectivity index (χ3n) is 4.63. The van der Waals surface area contributed by atoms with Crippen molar-refractivity contribution < 1.29 is 13.9 Å². The van der Waals surface area contributed by atoms with Crippen LogP contribution in [0.25, 0.3) is 11.5 Å². The zero-order chi connectivity index (χ0) is 22.3. The number of nitrogens with zero attached hydrogens (tertiary/aromatic N) is 4. The monoisotopic (exact) mass is 448 g/mol. The minimum Gasteiger partial charge on any atom is -0.439 e. The first-order valence-electron chi connectivity index (χ1n) is 10.2. The Morgan fingerprint density at radius 2 is 1.81 bits per heavy atom. The predicted molar refractivity (Wildman–Crippen MR) is 121 cm³/mol. The topological polar surface area (TPSA) is 81.4 Å². The zero-order valence-corrected chi connectivity index (χ0v) is 18.2. The molecule has 4 rings (SSSR count). The molecule has 0 aliphatic rings. The Hall–Kier alpha value is -3.71. The Balaban J connectivity index is 1.47. The van der Waals surface area contributed by atoms with E-state index < -0.39 is 0 Å². The highest BCUT2D eigenvalue weighted by molar-refractivity contribution is 6.33. The van der Waals surface area contributed by atoms with Gasteiger partial charge in [0.2, 0.25) is 17.7 Å². The summed E-state index contributed by atoms with van der Waals surface area (Å²) in [5, 5.41) is 8.69. The van der Waals surface area contributed by atoms with E-state index in [4.69, 9.17) is 20.8 Å². The lowest BCUT2D eigenvalue weighted by Crippen LogP contribution is -2.31. The number of ether oxygens (including phenoxy) is 1. The van der Waals surface area contributed by atoms with E-state index in [-0.39, 0.29) is 12.5 Å². The fourth-order valence-electron chi connectivity index (χ4n) is 3.11. The second-order valence-electron chi connectivity index (χ2n) is 7.01. The highest BCUT2D eigenvalue weighted by atomic mass is 35.5. The summed E-state index contributed by atoms with van der Waals surface area (Å²) in [7, 11) is 0. The predicted octanol–water partition coefficient (Wildman–Crippen LogP) is 5.63. The number of carbonyl (C=O) groups is 1. The summed E-state index contributed by atoms with van der Waals surface area (Å²) in [6.07, 6.45) is 2.28. The van der Waals surface area contributed by atoms with Crippen molar-refractivity contribution in [2.75, 3.05) is 6.54 Å². The molecule has 0 saturated carbocycles. The molecule has 8 heteroatoms. The van der Waals surface area contributed by atoms with E-state index in [1.807, 2.05) is 49.4 Å². The van der Waals surface area contributed by atoms with Crippen LogP contribution in [0.2, 0.25) is 5.02 Å². The Kier molecular flexibility index (Phi) is 6.77. The van der Waals surface area contributed by atoms with Gasteiger partial charge in [-0.3, -0.25) is 4.79 Å². The number of pyridine rings is 1. The van der Waals surface area contributed by atoms with E-state index in [1.54, 1.807) is 29.2 Å². The largest absolute Gasteiger partial charge is 0.439 e. The molecule has 0 saturated heterocycles. The summed E-state index contributed by atoms with van der Waals surface area (Å²) in [6, 6.07) is 19.9. The molecule has 0 aliphatic heterocycles. The van der Waals surface area contributed by atoms with Gasteiger partial charge in [0, 0.05) is 18.8 Å². The molecular weight excluding hydrogens is 428 g/mol. The van der Waals surface area contributed by atoms with E-state index in [9.17, 15) is 4.79 Å². The van der Waals surface area contributed by atoms with Gasteiger partial charge in [-0.1, -0.05) is 48.9 Å². The van der Waals surface area contributed by atoms with E-state index in [0.29, 0.717) is 46.1 Å². The number of hydrogen-bond donors (Lipinski definition) is 0. The van der Waals surface area contributed by atoms with E-state index in [0.717, 1.165) is 6.42 Å². The third-order valence-corrected chi connectivity index (χ3v) is 4.96. The van der Waals surface area contributed by atoms with Crippen LogP contribution in [0.5, 0.6) is 11.6 Å². The van der Waals surface area contributed by atoms with Crippen molar-refractivity contribution in [3.05, 3.63) is 89.4 Å². The zero-order valence-electron chi connectivity index (χ0n) is 17.4. The number of hydrogen-bond acceptors (Lipinski definition) is 6. The van der Waals surface area contributed by atoms with Crippen LogP contribution >= 0.6 is 11.6 Å². The minimum absolute atomic E-state index is 0.178. The molecular formula is C24H21ClN4O3. The lowest BCUT2D eigenvalue weighted by atomic mass is 10.2.